The van der Waals surface area contributed by atoms with Crippen molar-refractivity contribution in [2.45, 2.75) is 130 Å². The number of thioether (sulfide) groups is 1. The van der Waals surface area contributed by atoms with Crippen LogP contribution >= 0.6 is 24.4 Å². The summed E-state index contributed by atoms with van der Waals surface area (Å²) in [5.41, 5.74) is 5.82. The first-order valence-corrected chi connectivity index (χ1v) is 17.4. The van der Waals surface area contributed by atoms with Gasteiger partial charge in [0.1, 0.15) is 11.5 Å². The van der Waals surface area contributed by atoms with E-state index in [0.717, 1.165) is 52.5 Å². The van der Waals surface area contributed by atoms with Crippen molar-refractivity contribution in [3.63, 3.8) is 0 Å². The molecule has 3 rings (SSSR count). The van der Waals surface area contributed by atoms with Gasteiger partial charge in [-0.05, 0) is 71.1 Å². The molecule has 41 heavy (non-hydrogen) atoms. The SMILES string of the molecule is C=CCC1=CC(C(C)(C)C)CC(CS)=C1O.C=CCc1cc(C(C)(C)C)cc(CSC2CCCCCC2)c1O.CC. The van der Waals surface area contributed by atoms with Crippen molar-refractivity contribution in [2.75, 3.05) is 5.75 Å². The highest BCUT2D eigenvalue weighted by Gasteiger charge is 2.29. The summed E-state index contributed by atoms with van der Waals surface area (Å²) in [5, 5.41) is 21.5. The minimum absolute atomic E-state index is 0.103. The van der Waals surface area contributed by atoms with E-state index in [1.54, 1.807) is 0 Å². The van der Waals surface area contributed by atoms with Gasteiger partial charge in [-0.1, -0.05) is 111 Å². The number of hydrogen-bond acceptors (Lipinski definition) is 4. The van der Waals surface area contributed by atoms with Crippen molar-refractivity contribution in [2.24, 2.45) is 11.3 Å². The summed E-state index contributed by atoms with van der Waals surface area (Å²) >= 11 is 6.34. The Kier molecular flexibility index (Phi) is 16.7. The molecule has 0 heterocycles. The Morgan fingerprint density at radius 3 is 1.95 bits per heavy atom. The van der Waals surface area contributed by atoms with Crippen LogP contribution in [0, 0.1) is 11.3 Å². The lowest BCUT2D eigenvalue weighted by atomic mass is 9.73. The molecule has 4 heteroatoms. The van der Waals surface area contributed by atoms with E-state index in [0.29, 0.717) is 23.2 Å². The van der Waals surface area contributed by atoms with Crippen LogP contribution < -0.4 is 0 Å². The average Bonchev–Trinajstić information content (AvgIpc) is 3.20. The van der Waals surface area contributed by atoms with Gasteiger partial charge in [0.2, 0.25) is 0 Å². The molecule has 1 atom stereocenters. The molecule has 0 aromatic heterocycles. The Morgan fingerprint density at radius 1 is 0.902 bits per heavy atom. The smallest absolute Gasteiger partial charge is 0.123 e. The van der Waals surface area contributed by atoms with Crippen molar-refractivity contribution in [1.29, 1.82) is 0 Å². The Morgan fingerprint density at radius 2 is 1.46 bits per heavy atom. The van der Waals surface area contributed by atoms with Crippen molar-refractivity contribution in [1.82, 2.24) is 0 Å². The number of phenolic OH excluding ortho intramolecular Hbond substituents is 1. The average molecular weight is 601 g/mol. The van der Waals surface area contributed by atoms with Gasteiger partial charge in [0.05, 0.1) is 0 Å². The monoisotopic (exact) mass is 600 g/mol. The summed E-state index contributed by atoms with van der Waals surface area (Å²) in [6, 6.07) is 4.36. The van der Waals surface area contributed by atoms with Gasteiger partial charge in [-0.2, -0.15) is 24.4 Å². The van der Waals surface area contributed by atoms with Crippen molar-refractivity contribution in [3.8, 4) is 5.75 Å². The second-order valence-corrected chi connectivity index (χ2v) is 14.9. The highest BCUT2D eigenvalue weighted by atomic mass is 32.2. The largest absolute Gasteiger partial charge is 0.508 e. The molecule has 0 spiro atoms. The lowest BCUT2D eigenvalue weighted by Gasteiger charge is -2.33. The number of allylic oxidation sites excluding steroid dienone is 4. The third-order valence-electron chi connectivity index (χ3n) is 7.95. The number of benzene rings is 1. The Bertz CT molecular complexity index is 1010. The van der Waals surface area contributed by atoms with E-state index in [4.69, 9.17) is 0 Å². The van der Waals surface area contributed by atoms with Gasteiger partial charge in [0.15, 0.2) is 0 Å². The molecule has 1 aromatic rings. The van der Waals surface area contributed by atoms with E-state index < -0.39 is 0 Å². The minimum Gasteiger partial charge on any atom is -0.508 e. The molecule has 1 unspecified atom stereocenters. The quantitative estimate of drug-likeness (QED) is 0.158. The molecule has 2 aliphatic carbocycles. The molecule has 0 radical (unpaired) electrons. The van der Waals surface area contributed by atoms with Gasteiger partial charge in [-0.15, -0.1) is 13.2 Å². The van der Waals surface area contributed by atoms with Gasteiger partial charge in [-0.25, -0.2) is 0 Å². The number of rotatable bonds is 8. The number of aliphatic hydroxyl groups excluding tert-OH is 1. The number of aliphatic hydroxyl groups is 1. The Hall–Kier alpha value is -1.52. The van der Waals surface area contributed by atoms with Crippen LogP contribution in [0.4, 0.5) is 0 Å². The van der Waals surface area contributed by atoms with Crippen LogP contribution in [0.3, 0.4) is 0 Å². The first-order valence-electron chi connectivity index (χ1n) is 15.7. The predicted molar refractivity (Wildman–Crippen MR) is 189 cm³/mol. The van der Waals surface area contributed by atoms with E-state index in [1.165, 1.54) is 44.1 Å². The molecule has 0 saturated heterocycles. The van der Waals surface area contributed by atoms with Gasteiger partial charge in [-0.3, -0.25) is 0 Å². The van der Waals surface area contributed by atoms with Crippen LogP contribution in [0.2, 0.25) is 0 Å². The molecule has 232 valence electrons. The normalized spacial score (nSPS) is 18.3. The second-order valence-electron chi connectivity index (χ2n) is 13.3. The van der Waals surface area contributed by atoms with Crippen molar-refractivity contribution < 1.29 is 10.2 Å². The van der Waals surface area contributed by atoms with E-state index in [9.17, 15) is 10.2 Å². The summed E-state index contributed by atoms with van der Waals surface area (Å²) in [6.45, 7) is 25.0. The number of hydrogen-bond donors (Lipinski definition) is 3. The zero-order valence-corrected chi connectivity index (χ0v) is 29.2. The summed E-state index contributed by atoms with van der Waals surface area (Å²) in [5.74, 6) is 2.95. The lowest BCUT2D eigenvalue weighted by Crippen LogP contribution is -2.23. The maximum atomic E-state index is 10.6. The first-order chi connectivity index (χ1) is 19.3. The maximum Gasteiger partial charge on any atom is 0.123 e. The molecule has 0 aliphatic heterocycles. The van der Waals surface area contributed by atoms with Crippen molar-refractivity contribution >= 4 is 24.4 Å². The standard InChI is InChI=1S/C21H32OS.C14H22OS.C2H6/c1-5-10-16-13-18(21(2,3)4)14-17(20(16)22)15-23-19-11-8-6-7-9-12-19;1-5-6-10-7-12(14(2,3)4)8-11(9-16)13(10)15;1-2/h5,13-14,19,22H,1,6-12,15H2,2-4H3;5,7,12,15-16H,1,6,8-9H2,2-4H3;1-2H3. The van der Waals surface area contributed by atoms with Crippen molar-refractivity contribution in [3.05, 3.63) is 77.1 Å². The Labute approximate surface area is 263 Å². The first kappa shape index (κ1) is 37.5. The zero-order chi connectivity index (χ0) is 31.2. The van der Waals surface area contributed by atoms with Crippen LogP contribution in [0.15, 0.2) is 60.4 Å². The molecule has 2 nitrogen and oxygen atoms in total. The molecule has 1 aromatic carbocycles. The van der Waals surface area contributed by atoms with E-state index in [2.05, 4.69) is 85.5 Å². The molecular formula is C37H60O2S2. The number of phenols is 1. The maximum absolute atomic E-state index is 10.6. The summed E-state index contributed by atoms with van der Waals surface area (Å²) in [7, 11) is 0. The van der Waals surface area contributed by atoms with E-state index in [1.807, 2.05) is 37.8 Å². The topological polar surface area (TPSA) is 40.5 Å². The predicted octanol–water partition coefficient (Wildman–Crippen LogP) is 11.7. The van der Waals surface area contributed by atoms with Gasteiger partial charge in [0, 0.05) is 22.3 Å². The van der Waals surface area contributed by atoms with E-state index >= 15 is 0 Å². The molecule has 0 amide bonds. The third-order valence-corrected chi connectivity index (χ3v) is 9.75. The molecule has 2 aliphatic rings. The molecule has 1 saturated carbocycles. The fourth-order valence-electron chi connectivity index (χ4n) is 5.22. The summed E-state index contributed by atoms with van der Waals surface area (Å²) in [4.78, 5) is 0. The molecule has 1 fully saturated rings. The number of thiol groups is 1. The second kappa shape index (κ2) is 18.2. The van der Waals surface area contributed by atoms with Gasteiger partial charge < -0.3 is 10.2 Å². The fraction of sp³-hybridized carbons (Fsp3) is 0.622. The molecular weight excluding hydrogens is 541 g/mol. The fourth-order valence-corrected chi connectivity index (χ4v) is 6.80. The minimum atomic E-state index is 0.103. The Balaban J connectivity index is 0.000000410. The van der Waals surface area contributed by atoms with Crippen LogP contribution in [-0.4, -0.2) is 21.2 Å². The number of aromatic hydroxyl groups is 1. The van der Waals surface area contributed by atoms with Crippen LogP contribution in [0.25, 0.3) is 0 Å². The van der Waals surface area contributed by atoms with Crippen LogP contribution in [0.5, 0.6) is 5.75 Å². The van der Waals surface area contributed by atoms with Gasteiger partial charge in [0.25, 0.3) is 0 Å². The molecule has 2 N–H and O–H groups in total. The zero-order valence-electron chi connectivity index (χ0n) is 27.5. The third kappa shape index (κ3) is 12.3. The highest BCUT2D eigenvalue weighted by molar-refractivity contribution is 7.99. The van der Waals surface area contributed by atoms with Gasteiger partial charge >= 0.3 is 0 Å². The van der Waals surface area contributed by atoms with Crippen LogP contribution in [-0.2, 0) is 17.6 Å². The summed E-state index contributed by atoms with van der Waals surface area (Å²) < 4.78 is 0. The van der Waals surface area contributed by atoms with Crippen LogP contribution in [0.1, 0.15) is 123 Å². The summed E-state index contributed by atoms with van der Waals surface area (Å²) in [6.07, 6.45) is 16.5. The lowest BCUT2D eigenvalue weighted by molar-refractivity contribution is 0.278. The molecule has 0 bridgehead atoms. The highest BCUT2D eigenvalue weighted by Crippen LogP contribution is 2.40. The van der Waals surface area contributed by atoms with E-state index in [-0.39, 0.29) is 10.8 Å².